The molecule has 3 aromatic carbocycles. The van der Waals surface area contributed by atoms with Gasteiger partial charge in [-0.2, -0.15) is 30.8 Å². The Morgan fingerprint density at radius 3 is 2.43 bits per heavy atom. The molecule has 4 aromatic rings. The van der Waals surface area contributed by atoms with Gasteiger partial charge in [0.25, 0.3) is 15.9 Å². The third-order valence-corrected chi connectivity index (χ3v) is 7.02. The third kappa shape index (κ3) is 4.64. The van der Waals surface area contributed by atoms with Crippen LogP contribution in [0.5, 0.6) is 0 Å². The van der Waals surface area contributed by atoms with Gasteiger partial charge in [0.2, 0.25) is 0 Å². The van der Waals surface area contributed by atoms with Gasteiger partial charge in [-0.25, -0.2) is 0 Å². The SMILES string of the molecule is CC(=O)c1cccc(S(=O)(=O)n2ncc3ccc(NC(=O)c4c(Cl)cccc4C(F)(F)F)cc32)c1. The summed E-state index contributed by atoms with van der Waals surface area (Å²) in [5, 5.41) is 6.25. The molecule has 0 spiro atoms. The first-order valence-corrected chi connectivity index (χ1v) is 11.7. The topological polar surface area (TPSA) is 98.1 Å². The molecule has 0 radical (unpaired) electrons. The van der Waals surface area contributed by atoms with E-state index < -0.39 is 38.3 Å². The molecule has 0 saturated heterocycles. The lowest BCUT2D eigenvalue weighted by molar-refractivity contribution is -0.137. The van der Waals surface area contributed by atoms with Crippen LogP contribution >= 0.6 is 11.6 Å². The van der Waals surface area contributed by atoms with Crippen LogP contribution in [-0.2, 0) is 16.2 Å². The van der Waals surface area contributed by atoms with Crippen molar-refractivity contribution in [3.05, 3.63) is 88.6 Å². The molecule has 12 heteroatoms. The maximum Gasteiger partial charge on any atom is 0.417 e. The van der Waals surface area contributed by atoms with Crippen molar-refractivity contribution in [3.8, 4) is 0 Å². The minimum absolute atomic E-state index is 0.0185. The molecule has 4 rings (SSSR count). The van der Waals surface area contributed by atoms with Crippen LogP contribution in [0, 0.1) is 0 Å². The van der Waals surface area contributed by atoms with E-state index in [1.165, 1.54) is 55.6 Å². The van der Waals surface area contributed by atoms with E-state index in [0.717, 1.165) is 18.2 Å². The number of ketones is 1. The molecule has 0 fully saturated rings. The summed E-state index contributed by atoms with van der Waals surface area (Å²) in [6, 6.07) is 12.5. The zero-order chi connectivity index (χ0) is 25.5. The van der Waals surface area contributed by atoms with Gasteiger partial charge < -0.3 is 5.32 Å². The fourth-order valence-electron chi connectivity index (χ4n) is 3.42. The van der Waals surface area contributed by atoms with Gasteiger partial charge in [0.15, 0.2) is 5.78 Å². The first kappa shape index (κ1) is 24.4. The molecule has 180 valence electrons. The summed E-state index contributed by atoms with van der Waals surface area (Å²) in [5.41, 5.74) is -1.70. The van der Waals surface area contributed by atoms with Crippen LogP contribution in [0.4, 0.5) is 18.9 Å². The standard InChI is InChI=1S/C23H15ClF3N3O4S/c1-13(31)14-4-2-5-17(10-14)35(33,34)30-20-11-16(9-8-15(20)12-28-30)29-22(32)21-18(23(25,26)27)6-3-7-19(21)24/h2-12H,1H3,(H,29,32). The zero-order valence-electron chi connectivity index (χ0n) is 17.8. The van der Waals surface area contributed by atoms with Crippen molar-refractivity contribution in [2.45, 2.75) is 18.0 Å². The first-order valence-electron chi connectivity index (χ1n) is 9.91. The van der Waals surface area contributed by atoms with Crippen LogP contribution < -0.4 is 5.32 Å². The van der Waals surface area contributed by atoms with Gasteiger partial charge in [-0.3, -0.25) is 9.59 Å². The van der Waals surface area contributed by atoms with Gasteiger partial charge in [0.05, 0.1) is 32.8 Å². The lowest BCUT2D eigenvalue weighted by atomic mass is 10.1. The maximum absolute atomic E-state index is 13.4. The molecule has 35 heavy (non-hydrogen) atoms. The largest absolute Gasteiger partial charge is 0.417 e. The van der Waals surface area contributed by atoms with Gasteiger partial charge >= 0.3 is 6.18 Å². The normalized spacial score (nSPS) is 12.0. The minimum atomic E-state index is -4.82. The molecule has 0 atom stereocenters. The number of Topliss-reactive ketones (excluding diaryl/α,β-unsaturated/α-hetero) is 1. The van der Waals surface area contributed by atoms with Gasteiger partial charge in [-0.15, -0.1) is 0 Å². The quantitative estimate of drug-likeness (QED) is 0.355. The fourth-order valence-corrected chi connectivity index (χ4v) is 5.00. The van der Waals surface area contributed by atoms with Crippen LogP contribution in [-0.4, -0.2) is 29.3 Å². The molecule has 0 aliphatic carbocycles. The first-order chi connectivity index (χ1) is 16.4. The van der Waals surface area contributed by atoms with E-state index in [4.69, 9.17) is 11.6 Å². The number of alkyl halides is 3. The van der Waals surface area contributed by atoms with E-state index >= 15 is 0 Å². The van der Waals surface area contributed by atoms with Crippen molar-refractivity contribution in [2.24, 2.45) is 0 Å². The molecular weight excluding hydrogens is 507 g/mol. The van der Waals surface area contributed by atoms with Gasteiger partial charge in [-0.1, -0.05) is 29.8 Å². The Morgan fingerprint density at radius 2 is 1.74 bits per heavy atom. The summed E-state index contributed by atoms with van der Waals surface area (Å²) in [5.74, 6) is -1.44. The van der Waals surface area contributed by atoms with E-state index in [-0.39, 0.29) is 27.4 Å². The number of carbonyl (C=O) groups excluding carboxylic acids is 2. The maximum atomic E-state index is 13.4. The number of anilines is 1. The highest BCUT2D eigenvalue weighted by atomic mass is 35.5. The van der Waals surface area contributed by atoms with Gasteiger partial charge in [-0.05, 0) is 49.4 Å². The van der Waals surface area contributed by atoms with Crippen molar-refractivity contribution < 1.29 is 31.2 Å². The Balaban J connectivity index is 1.75. The Morgan fingerprint density at radius 1 is 1.03 bits per heavy atom. The summed E-state index contributed by atoms with van der Waals surface area (Å²) in [4.78, 5) is 24.2. The third-order valence-electron chi connectivity index (χ3n) is 5.11. The van der Waals surface area contributed by atoms with Crippen LogP contribution in [0.25, 0.3) is 10.9 Å². The lowest BCUT2D eigenvalue weighted by Crippen LogP contribution is -2.19. The predicted octanol–water partition coefficient (Wildman–Crippen LogP) is 5.40. The number of nitrogens with one attached hydrogen (secondary N) is 1. The highest BCUT2D eigenvalue weighted by Crippen LogP contribution is 2.35. The molecule has 1 aromatic heterocycles. The van der Waals surface area contributed by atoms with E-state index in [1.807, 2.05) is 0 Å². The van der Waals surface area contributed by atoms with Crippen LogP contribution in [0.2, 0.25) is 5.02 Å². The molecule has 1 N–H and O–H groups in total. The van der Waals surface area contributed by atoms with Crippen molar-refractivity contribution in [3.63, 3.8) is 0 Å². The van der Waals surface area contributed by atoms with Crippen molar-refractivity contribution in [2.75, 3.05) is 5.32 Å². The molecule has 0 bridgehead atoms. The van der Waals surface area contributed by atoms with E-state index in [0.29, 0.717) is 9.47 Å². The number of nitrogens with zero attached hydrogens (tertiary/aromatic N) is 2. The highest BCUT2D eigenvalue weighted by molar-refractivity contribution is 7.90. The van der Waals surface area contributed by atoms with Crippen molar-refractivity contribution in [1.82, 2.24) is 9.19 Å². The highest BCUT2D eigenvalue weighted by Gasteiger charge is 2.36. The second-order valence-corrected chi connectivity index (χ2v) is 9.64. The second kappa shape index (κ2) is 8.82. The zero-order valence-corrected chi connectivity index (χ0v) is 19.4. The predicted molar refractivity (Wildman–Crippen MR) is 123 cm³/mol. The number of hydrogen-bond acceptors (Lipinski definition) is 5. The molecule has 0 aliphatic heterocycles. The summed E-state index contributed by atoms with van der Waals surface area (Å²) < 4.78 is 67.3. The van der Waals surface area contributed by atoms with Gasteiger partial charge in [0, 0.05) is 16.6 Å². The molecule has 0 unspecified atom stereocenters. The van der Waals surface area contributed by atoms with Crippen LogP contribution in [0.1, 0.15) is 33.2 Å². The summed E-state index contributed by atoms with van der Waals surface area (Å²) in [7, 11) is -4.24. The van der Waals surface area contributed by atoms with Crippen LogP contribution in [0.3, 0.4) is 0 Å². The van der Waals surface area contributed by atoms with E-state index in [9.17, 15) is 31.2 Å². The number of aromatic nitrogens is 2. The summed E-state index contributed by atoms with van der Waals surface area (Å²) >= 11 is 5.88. The molecule has 1 amide bonds. The number of fused-ring (bicyclic) bond motifs is 1. The Kier molecular flexibility index (Phi) is 6.16. The second-order valence-electron chi connectivity index (χ2n) is 7.46. The molecule has 7 nitrogen and oxygen atoms in total. The average molecular weight is 522 g/mol. The number of rotatable bonds is 5. The van der Waals surface area contributed by atoms with Crippen LogP contribution in [0.15, 0.2) is 71.8 Å². The Hall–Kier alpha value is -3.70. The Labute approximate surface area is 202 Å². The average Bonchev–Trinajstić information content (AvgIpc) is 3.22. The lowest BCUT2D eigenvalue weighted by Gasteiger charge is -2.14. The number of halogens is 4. The molecule has 1 heterocycles. The van der Waals surface area contributed by atoms with Gasteiger partial charge in [0.1, 0.15) is 0 Å². The van der Waals surface area contributed by atoms with E-state index in [2.05, 4.69) is 10.4 Å². The summed E-state index contributed by atoms with van der Waals surface area (Å²) in [6.07, 6.45) is -3.54. The fraction of sp³-hybridized carbons (Fsp3) is 0.0870. The smallest absolute Gasteiger partial charge is 0.322 e. The van der Waals surface area contributed by atoms with E-state index in [1.54, 1.807) is 0 Å². The van der Waals surface area contributed by atoms with Crippen molar-refractivity contribution >= 4 is 49.9 Å². The number of carbonyl (C=O) groups is 2. The summed E-state index contributed by atoms with van der Waals surface area (Å²) in [6.45, 7) is 1.30. The Bertz CT molecular complexity index is 1600. The molecular formula is C23H15ClF3N3O4S. The molecule has 0 aliphatic rings. The monoisotopic (exact) mass is 521 g/mol. The number of amides is 1. The number of benzene rings is 3. The van der Waals surface area contributed by atoms with Crippen molar-refractivity contribution in [1.29, 1.82) is 0 Å². The number of hydrogen-bond donors (Lipinski definition) is 1. The minimum Gasteiger partial charge on any atom is -0.322 e. The molecule has 0 saturated carbocycles.